The first-order chi connectivity index (χ1) is 18.7. The normalized spacial score (nSPS) is 12.1. The zero-order chi connectivity index (χ0) is 28.3. The lowest BCUT2D eigenvalue weighted by Crippen LogP contribution is -2.29. The van der Waals surface area contributed by atoms with Crippen molar-refractivity contribution in [3.05, 3.63) is 96.1 Å². The Hall–Kier alpha value is -4.30. The van der Waals surface area contributed by atoms with E-state index in [2.05, 4.69) is 10.6 Å². The van der Waals surface area contributed by atoms with Gasteiger partial charge in [0, 0.05) is 11.1 Å². The SMILES string of the molecule is Cc1ccc(NC(=O)O[C@@H](c2ccc(OCCO)cc2)C(C)(C)CC/C=C/C(=O)Nc2ccccc2N)cc1. The quantitative estimate of drug-likeness (QED) is 0.162. The van der Waals surface area contributed by atoms with E-state index in [9.17, 15) is 9.59 Å². The molecular formula is C31H37N3O5. The second kappa shape index (κ2) is 14.0. The number of hydrogen-bond donors (Lipinski definition) is 4. The molecule has 0 aromatic heterocycles. The van der Waals surface area contributed by atoms with Crippen molar-refractivity contribution in [1.82, 2.24) is 0 Å². The summed E-state index contributed by atoms with van der Waals surface area (Å²) in [7, 11) is 0. The maximum absolute atomic E-state index is 12.9. The van der Waals surface area contributed by atoms with E-state index in [0.29, 0.717) is 35.7 Å². The second-order valence-corrected chi connectivity index (χ2v) is 9.92. The van der Waals surface area contributed by atoms with Crippen LogP contribution in [0.3, 0.4) is 0 Å². The van der Waals surface area contributed by atoms with E-state index in [-0.39, 0.29) is 19.1 Å². The van der Waals surface area contributed by atoms with Crippen LogP contribution in [0.1, 0.15) is 43.9 Å². The third kappa shape index (κ3) is 9.19. The fourth-order valence-corrected chi connectivity index (χ4v) is 4.03. The van der Waals surface area contributed by atoms with Crippen LogP contribution in [0.2, 0.25) is 0 Å². The minimum absolute atomic E-state index is 0.0794. The molecule has 3 aromatic carbocycles. The number of aryl methyl sites for hydroxylation is 1. The molecule has 5 N–H and O–H groups in total. The van der Waals surface area contributed by atoms with E-state index in [1.165, 1.54) is 6.08 Å². The minimum Gasteiger partial charge on any atom is -0.491 e. The number of rotatable bonds is 12. The molecule has 0 heterocycles. The number of para-hydroxylation sites is 2. The van der Waals surface area contributed by atoms with Crippen LogP contribution < -0.4 is 21.1 Å². The lowest BCUT2D eigenvalue weighted by atomic mass is 9.78. The van der Waals surface area contributed by atoms with Crippen LogP contribution in [0.15, 0.2) is 84.9 Å². The summed E-state index contributed by atoms with van der Waals surface area (Å²) in [5, 5.41) is 14.6. The summed E-state index contributed by atoms with van der Waals surface area (Å²) in [6.45, 7) is 6.13. The monoisotopic (exact) mass is 531 g/mol. The number of aliphatic hydroxyl groups excluding tert-OH is 1. The number of allylic oxidation sites excluding steroid dienone is 1. The highest BCUT2D eigenvalue weighted by Crippen LogP contribution is 2.41. The molecule has 39 heavy (non-hydrogen) atoms. The Bertz CT molecular complexity index is 1250. The third-order valence-corrected chi connectivity index (χ3v) is 6.22. The zero-order valence-corrected chi connectivity index (χ0v) is 22.6. The maximum Gasteiger partial charge on any atom is 0.412 e. The van der Waals surface area contributed by atoms with E-state index in [0.717, 1.165) is 11.1 Å². The highest BCUT2D eigenvalue weighted by molar-refractivity contribution is 6.01. The van der Waals surface area contributed by atoms with Crippen LogP contribution in [-0.2, 0) is 9.53 Å². The van der Waals surface area contributed by atoms with E-state index >= 15 is 0 Å². The second-order valence-electron chi connectivity index (χ2n) is 9.92. The summed E-state index contributed by atoms with van der Waals surface area (Å²) in [4.78, 5) is 25.2. The van der Waals surface area contributed by atoms with Gasteiger partial charge in [-0.2, -0.15) is 0 Å². The summed E-state index contributed by atoms with van der Waals surface area (Å²) < 4.78 is 11.5. The third-order valence-electron chi connectivity index (χ3n) is 6.22. The number of nitrogens with one attached hydrogen (secondary N) is 2. The molecule has 0 radical (unpaired) electrons. The van der Waals surface area contributed by atoms with Crippen molar-refractivity contribution in [1.29, 1.82) is 0 Å². The molecule has 0 aliphatic carbocycles. The first-order valence-electron chi connectivity index (χ1n) is 12.9. The van der Waals surface area contributed by atoms with E-state index in [1.54, 1.807) is 42.5 Å². The van der Waals surface area contributed by atoms with Gasteiger partial charge in [-0.3, -0.25) is 10.1 Å². The molecule has 0 saturated heterocycles. The molecule has 0 aliphatic heterocycles. The highest BCUT2D eigenvalue weighted by Gasteiger charge is 2.34. The van der Waals surface area contributed by atoms with Crippen molar-refractivity contribution in [3.8, 4) is 5.75 Å². The number of carbonyl (C=O) groups is 2. The molecule has 0 saturated carbocycles. The van der Waals surface area contributed by atoms with Gasteiger partial charge in [0.05, 0.1) is 18.0 Å². The molecule has 0 spiro atoms. The molecule has 0 fully saturated rings. The van der Waals surface area contributed by atoms with Gasteiger partial charge in [0.15, 0.2) is 0 Å². The molecule has 3 rings (SSSR count). The zero-order valence-electron chi connectivity index (χ0n) is 22.6. The highest BCUT2D eigenvalue weighted by atomic mass is 16.6. The van der Waals surface area contributed by atoms with E-state index in [1.807, 2.05) is 57.2 Å². The number of amides is 2. The Kier molecular flexibility index (Phi) is 10.5. The lowest BCUT2D eigenvalue weighted by molar-refractivity contribution is -0.111. The van der Waals surface area contributed by atoms with Gasteiger partial charge < -0.3 is 25.6 Å². The molecule has 3 aromatic rings. The molecular weight excluding hydrogens is 494 g/mol. The van der Waals surface area contributed by atoms with Gasteiger partial charge in [-0.1, -0.05) is 61.9 Å². The fourth-order valence-electron chi connectivity index (χ4n) is 4.03. The Morgan fingerprint density at radius 2 is 1.69 bits per heavy atom. The first kappa shape index (κ1) is 29.3. The number of carbonyl (C=O) groups excluding carboxylic acids is 2. The fraction of sp³-hybridized carbons (Fsp3) is 0.290. The number of nitrogens with two attached hydrogens (primary N) is 1. The summed E-state index contributed by atoms with van der Waals surface area (Å²) in [6.07, 6.45) is 3.35. The molecule has 8 nitrogen and oxygen atoms in total. The molecule has 8 heteroatoms. The van der Waals surface area contributed by atoms with Gasteiger partial charge in [0.25, 0.3) is 0 Å². The summed E-state index contributed by atoms with van der Waals surface area (Å²) in [5.74, 6) is 0.343. The summed E-state index contributed by atoms with van der Waals surface area (Å²) >= 11 is 0. The molecule has 0 aliphatic rings. The molecule has 0 bridgehead atoms. The predicted octanol–water partition coefficient (Wildman–Crippen LogP) is 6.24. The maximum atomic E-state index is 12.9. The first-order valence-corrected chi connectivity index (χ1v) is 12.9. The van der Waals surface area contributed by atoms with Gasteiger partial charge in [0.1, 0.15) is 18.5 Å². The number of ether oxygens (including phenoxy) is 2. The number of benzene rings is 3. The molecule has 206 valence electrons. The van der Waals surface area contributed by atoms with Crippen LogP contribution in [-0.4, -0.2) is 30.3 Å². The average Bonchev–Trinajstić information content (AvgIpc) is 2.91. The Morgan fingerprint density at radius 3 is 2.36 bits per heavy atom. The standard InChI is InChI=1S/C31H37N3O5/c1-22-11-15-24(16-12-22)33-30(37)39-29(23-13-17-25(18-14-23)38-21-20-35)31(2,3)19-7-6-10-28(36)34-27-9-5-4-8-26(27)32/h4-6,8-18,29,35H,7,19-21,32H2,1-3H3,(H,33,37)(H,34,36)/b10-6+/t29-/m0/s1. The van der Waals surface area contributed by atoms with Gasteiger partial charge >= 0.3 is 6.09 Å². The van der Waals surface area contributed by atoms with Gasteiger partial charge in [0.2, 0.25) is 5.91 Å². The van der Waals surface area contributed by atoms with Crippen molar-refractivity contribution in [2.75, 3.05) is 29.6 Å². The van der Waals surface area contributed by atoms with E-state index in [4.69, 9.17) is 20.3 Å². The number of aliphatic hydroxyl groups is 1. The summed E-state index contributed by atoms with van der Waals surface area (Å²) in [5.41, 5.74) is 9.00. The van der Waals surface area contributed by atoms with Crippen LogP contribution >= 0.6 is 0 Å². The van der Waals surface area contributed by atoms with Crippen LogP contribution in [0, 0.1) is 12.3 Å². The molecule has 0 unspecified atom stereocenters. The average molecular weight is 532 g/mol. The Morgan fingerprint density at radius 1 is 1.00 bits per heavy atom. The predicted molar refractivity (Wildman–Crippen MR) is 155 cm³/mol. The van der Waals surface area contributed by atoms with Crippen molar-refractivity contribution in [2.45, 2.75) is 39.7 Å². The summed E-state index contributed by atoms with van der Waals surface area (Å²) in [6, 6.07) is 21.8. The largest absolute Gasteiger partial charge is 0.491 e. The minimum atomic E-state index is -0.582. The van der Waals surface area contributed by atoms with Crippen molar-refractivity contribution >= 4 is 29.1 Å². The Labute approximate surface area is 229 Å². The van der Waals surface area contributed by atoms with Gasteiger partial charge in [-0.05, 0) is 67.8 Å². The number of hydrogen-bond acceptors (Lipinski definition) is 6. The van der Waals surface area contributed by atoms with Crippen molar-refractivity contribution < 1.29 is 24.2 Å². The van der Waals surface area contributed by atoms with E-state index < -0.39 is 17.6 Å². The lowest BCUT2D eigenvalue weighted by Gasteiger charge is -2.34. The van der Waals surface area contributed by atoms with Crippen molar-refractivity contribution in [3.63, 3.8) is 0 Å². The Balaban J connectivity index is 1.69. The topological polar surface area (TPSA) is 123 Å². The number of nitrogen functional groups attached to an aromatic ring is 1. The molecule has 1 atom stereocenters. The van der Waals surface area contributed by atoms with Gasteiger partial charge in [-0.25, -0.2) is 4.79 Å². The van der Waals surface area contributed by atoms with Crippen LogP contribution in [0.4, 0.5) is 21.9 Å². The van der Waals surface area contributed by atoms with Crippen LogP contribution in [0.25, 0.3) is 0 Å². The molecule has 2 amide bonds. The smallest absolute Gasteiger partial charge is 0.412 e. The van der Waals surface area contributed by atoms with Gasteiger partial charge in [-0.15, -0.1) is 0 Å². The van der Waals surface area contributed by atoms with Crippen molar-refractivity contribution in [2.24, 2.45) is 5.41 Å². The van der Waals surface area contributed by atoms with Crippen LogP contribution in [0.5, 0.6) is 5.75 Å². The number of anilines is 3.